The standard InChI is InChI=1S/C16H22N6O/c1-3-23-14-6-4-13(5-7-14)18-16-19-15(12-17-20-16)22-10-8-21(2)9-11-22/h4-7,12H,3,8-11H2,1-2H3,(H,18,19,20). The first-order valence-corrected chi connectivity index (χ1v) is 7.87. The topological polar surface area (TPSA) is 66.4 Å². The Labute approximate surface area is 136 Å². The predicted octanol–water partition coefficient (Wildman–Crippen LogP) is 1.77. The van der Waals surface area contributed by atoms with E-state index in [1.54, 1.807) is 6.20 Å². The van der Waals surface area contributed by atoms with E-state index in [0.29, 0.717) is 12.6 Å². The van der Waals surface area contributed by atoms with Gasteiger partial charge in [-0.2, -0.15) is 10.1 Å². The molecule has 1 aliphatic heterocycles. The molecule has 23 heavy (non-hydrogen) atoms. The minimum absolute atomic E-state index is 0.505. The van der Waals surface area contributed by atoms with Gasteiger partial charge in [0.15, 0.2) is 5.82 Å². The molecule has 7 nitrogen and oxygen atoms in total. The molecule has 0 amide bonds. The number of hydrogen-bond acceptors (Lipinski definition) is 7. The van der Waals surface area contributed by atoms with E-state index in [2.05, 4.69) is 37.3 Å². The largest absolute Gasteiger partial charge is 0.494 e. The van der Waals surface area contributed by atoms with Crippen LogP contribution in [0.3, 0.4) is 0 Å². The van der Waals surface area contributed by atoms with Gasteiger partial charge in [-0.05, 0) is 38.2 Å². The van der Waals surface area contributed by atoms with Gasteiger partial charge in [0.1, 0.15) is 5.75 Å². The van der Waals surface area contributed by atoms with E-state index < -0.39 is 0 Å². The Morgan fingerprint density at radius 3 is 2.57 bits per heavy atom. The zero-order chi connectivity index (χ0) is 16.1. The molecule has 0 aliphatic carbocycles. The number of likely N-dealkylation sites (N-methyl/N-ethyl adjacent to an activating group) is 1. The first kappa shape index (κ1) is 15.5. The monoisotopic (exact) mass is 314 g/mol. The molecule has 0 saturated carbocycles. The van der Waals surface area contributed by atoms with E-state index in [1.165, 1.54) is 0 Å². The number of benzene rings is 1. The summed E-state index contributed by atoms with van der Waals surface area (Å²) in [6, 6.07) is 7.72. The van der Waals surface area contributed by atoms with Crippen molar-refractivity contribution in [2.75, 3.05) is 50.1 Å². The molecule has 2 aromatic rings. The van der Waals surface area contributed by atoms with Crippen molar-refractivity contribution in [2.45, 2.75) is 6.92 Å². The molecule has 1 aromatic carbocycles. The summed E-state index contributed by atoms with van der Waals surface area (Å²) in [6.45, 7) is 6.61. The van der Waals surface area contributed by atoms with Gasteiger partial charge in [-0.3, -0.25) is 0 Å². The van der Waals surface area contributed by atoms with Gasteiger partial charge < -0.3 is 19.9 Å². The van der Waals surface area contributed by atoms with Gasteiger partial charge >= 0.3 is 0 Å². The lowest BCUT2D eigenvalue weighted by Crippen LogP contribution is -2.44. The molecule has 0 spiro atoms. The molecule has 122 valence electrons. The lowest BCUT2D eigenvalue weighted by molar-refractivity contribution is 0.312. The van der Waals surface area contributed by atoms with Crippen molar-refractivity contribution in [2.24, 2.45) is 0 Å². The molecule has 1 aliphatic rings. The van der Waals surface area contributed by atoms with Crippen LogP contribution in [0, 0.1) is 0 Å². The van der Waals surface area contributed by atoms with Gasteiger partial charge in [-0.1, -0.05) is 0 Å². The van der Waals surface area contributed by atoms with E-state index in [0.717, 1.165) is 43.4 Å². The van der Waals surface area contributed by atoms with Crippen molar-refractivity contribution >= 4 is 17.5 Å². The Morgan fingerprint density at radius 2 is 1.87 bits per heavy atom. The molecule has 1 fully saturated rings. The van der Waals surface area contributed by atoms with E-state index in [4.69, 9.17) is 4.74 Å². The summed E-state index contributed by atoms with van der Waals surface area (Å²) in [5, 5.41) is 11.3. The smallest absolute Gasteiger partial charge is 0.249 e. The fourth-order valence-corrected chi connectivity index (χ4v) is 2.47. The first-order chi connectivity index (χ1) is 11.2. The SMILES string of the molecule is CCOc1ccc(Nc2nncc(N3CCN(C)CC3)n2)cc1. The Kier molecular flexibility index (Phi) is 4.87. The normalized spacial score (nSPS) is 15.5. The van der Waals surface area contributed by atoms with Crippen LogP contribution in [0.1, 0.15) is 6.92 Å². The number of piperazine rings is 1. The molecule has 1 N–H and O–H groups in total. The van der Waals surface area contributed by atoms with Crippen LogP contribution in [0.2, 0.25) is 0 Å². The van der Waals surface area contributed by atoms with Gasteiger partial charge in [0.2, 0.25) is 5.95 Å². The fraction of sp³-hybridized carbons (Fsp3) is 0.438. The highest BCUT2D eigenvalue weighted by atomic mass is 16.5. The molecule has 1 saturated heterocycles. The minimum Gasteiger partial charge on any atom is -0.494 e. The molecule has 1 aromatic heterocycles. The summed E-state index contributed by atoms with van der Waals surface area (Å²) in [5.74, 6) is 2.22. The van der Waals surface area contributed by atoms with E-state index >= 15 is 0 Å². The van der Waals surface area contributed by atoms with Crippen LogP contribution in [-0.4, -0.2) is 59.9 Å². The molecular formula is C16H22N6O. The molecular weight excluding hydrogens is 292 g/mol. The molecule has 0 bridgehead atoms. The zero-order valence-electron chi connectivity index (χ0n) is 13.6. The second-order valence-electron chi connectivity index (χ2n) is 5.51. The highest BCUT2D eigenvalue weighted by Gasteiger charge is 2.16. The van der Waals surface area contributed by atoms with Crippen molar-refractivity contribution in [3.8, 4) is 5.75 Å². The number of ether oxygens (including phenoxy) is 1. The van der Waals surface area contributed by atoms with Crippen molar-refractivity contribution in [1.29, 1.82) is 0 Å². The number of nitrogens with zero attached hydrogens (tertiary/aromatic N) is 5. The summed E-state index contributed by atoms with van der Waals surface area (Å²) in [6.07, 6.45) is 1.72. The summed E-state index contributed by atoms with van der Waals surface area (Å²) in [5.41, 5.74) is 0.908. The number of hydrogen-bond donors (Lipinski definition) is 1. The van der Waals surface area contributed by atoms with Crippen molar-refractivity contribution in [1.82, 2.24) is 20.1 Å². The van der Waals surface area contributed by atoms with E-state index in [-0.39, 0.29) is 0 Å². The number of anilines is 3. The van der Waals surface area contributed by atoms with Gasteiger partial charge in [-0.25, -0.2) is 0 Å². The number of aromatic nitrogens is 3. The maximum atomic E-state index is 5.44. The zero-order valence-corrected chi connectivity index (χ0v) is 13.6. The Hall–Kier alpha value is -2.41. The molecule has 0 atom stereocenters. The van der Waals surface area contributed by atoms with Crippen LogP contribution in [0.25, 0.3) is 0 Å². The van der Waals surface area contributed by atoms with E-state index in [9.17, 15) is 0 Å². The van der Waals surface area contributed by atoms with Crippen molar-refractivity contribution < 1.29 is 4.74 Å². The van der Waals surface area contributed by atoms with Crippen LogP contribution >= 0.6 is 0 Å². The summed E-state index contributed by atoms with van der Waals surface area (Å²) in [4.78, 5) is 9.11. The van der Waals surface area contributed by atoms with Gasteiger partial charge in [0, 0.05) is 31.9 Å². The quantitative estimate of drug-likeness (QED) is 0.902. The van der Waals surface area contributed by atoms with Crippen molar-refractivity contribution in [3.05, 3.63) is 30.5 Å². The summed E-state index contributed by atoms with van der Waals surface area (Å²) >= 11 is 0. The van der Waals surface area contributed by atoms with Crippen LogP contribution in [-0.2, 0) is 0 Å². The fourth-order valence-electron chi connectivity index (χ4n) is 2.47. The van der Waals surface area contributed by atoms with Crippen LogP contribution in [0.15, 0.2) is 30.5 Å². The molecule has 7 heteroatoms. The average molecular weight is 314 g/mol. The number of rotatable bonds is 5. The van der Waals surface area contributed by atoms with Crippen molar-refractivity contribution in [3.63, 3.8) is 0 Å². The Morgan fingerprint density at radius 1 is 1.13 bits per heavy atom. The van der Waals surface area contributed by atoms with Crippen LogP contribution in [0.4, 0.5) is 17.5 Å². The lowest BCUT2D eigenvalue weighted by Gasteiger charge is -2.32. The third-order valence-corrected chi connectivity index (χ3v) is 3.79. The van der Waals surface area contributed by atoms with E-state index in [1.807, 2.05) is 31.2 Å². The maximum Gasteiger partial charge on any atom is 0.249 e. The number of nitrogens with one attached hydrogen (secondary N) is 1. The van der Waals surface area contributed by atoms with Gasteiger partial charge in [0.05, 0.1) is 12.8 Å². The third kappa shape index (κ3) is 4.07. The molecule has 2 heterocycles. The lowest BCUT2D eigenvalue weighted by atomic mass is 10.3. The highest BCUT2D eigenvalue weighted by molar-refractivity contribution is 5.55. The highest BCUT2D eigenvalue weighted by Crippen LogP contribution is 2.19. The van der Waals surface area contributed by atoms with Crippen LogP contribution in [0.5, 0.6) is 5.75 Å². The molecule has 3 rings (SSSR count). The second kappa shape index (κ2) is 7.23. The Bertz CT molecular complexity index is 625. The predicted molar refractivity (Wildman–Crippen MR) is 90.4 cm³/mol. The first-order valence-electron chi connectivity index (χ1n) is 7.87. The van der Waals surface area contributed by atoms with Gasteiger partial charge in [-0.15, -0.1) is 5.10 Å². The maximum absolute atomic E-state index is 5.44. The average Bonchev–Trinajstić information content (AvgIpc) is 2.58. The summed E-state index contributed by atoms with van der Waals surface area (Å²) in [7, 11) is 2.13. The molecule has 0 radical (unpaired) electrons. The summed E-state index contributed by atoms with van der Waals surface area (Å²) < 4.78 is 5.44. The second-order valence-corrected chi connectivity index (χ2v) is 5.51. The third-order valence-electron chi connectivity index (χ3n) is 3.79. The minimum atomic E-state index is 0.505. The Balaban J connectivity index is 1.67. The van der Waals surface area contributed by atoms with Crippen LogP contribution < -0.4 is 15.0 Å². The van der Waals surface area contributed by atoms with Gasteiger partial charge in [0.25, 0.3) is 0 Å². The molecule has 0 unspecified atom stereocenters.